The van der Waals surface area contributed by atoms with Gasteiger partial charge in [0.25, 0.3) is 5.91 Å². The number of nitrogens with one attached hydrogen (secondary N) is 1. The van der Waals surface area contributed by atoms with Crippen molar-refractivity contribution in [2.24, 2.45) is 0 Å². The van der Waals surface area contributed by atoms with Crippen LogP contribution in [0.3, 0.4) is 0 Å². The van der Waals surface area contributed by atoms with Gasteiger partial charge in [-0.25, -0.2) is 4.79 Å². The van der Waals surface area contributed by atoms with E-state index < -0.39 is 23.3 Å². The molecule has 0 saturated carbocycles. The van der Waals surface area contributed by atoms with Crippen LogP contribution in [0, 0.1) is 0 Å². The lowest BCUT2D eigenvalue weighted by Gasteiger charge is -2.11. The first kappa shape index (κ1) is 19.8. The molecule has 9 heteroatoms. The van der Waals surface area contributed by atoms with E-state index >= 15 is 0 Å². The van der Waals surface area contributed by atoms with E-state index in [0.29, 0.717) is 11.8 Å². The zero-order valence-electron chi connectivity index (χ0n) is 14.5. The van der Waals surface area contributed by atoms with Gasteiger partial charge in [0.15, 0.2) is 6.61 Å². The van der Waals surface area contributed by atoms with E-state index in [1.54, 1.807) is 18.2 Å². The van der Waals surface area contributed by atoms with Gasteiger partial charge in [-0.05, 0) is 36.6 Å². The quantitative estimate of drug-likeness (QED) is 0.495. The first-order valence-corrected chi connectivity index (χ1v) is 9.20. The molecular weight excluding hydrogens is 395 g/mol. The average molecular weight is 409 g/mol. The fourth-order valence-corrected chi connectivity index (χ4v) is 2.97. The molecule has 0 fully saturated rings. The van der Waals surface area contributed by atoms with E-state index in [-0.39, 0.29) is 23.3 Å². The molecule has 3 aromatic rings. The number of hydrogen-bond donors (Lipinski definition) is 1. The first-order valence-electron chi connectivity index (χ1n) is 7.98. The molecule has 0 saturated heterocycles. The summed E-state index contributed by atoms with van der Waals surface area (Å²) >= 11 is 1.53. The molecule has 0 bridgehead atoms. The van der Waals surface area contributed by atoms with Crippen molar-refractivity contribution in [3.8, 4) is 5.75 Å². The minimum Gasteiger partial charge on any atom is -0.484 e. The van der Waals surface area contributed by atoms with Crippen LogP contribution in [-0.4, -0.2) is 18.8 Å². The predicted octanol–water partition coefficient (Wildman–Crippen LogP) is 4.55. The van der Waals surface area contributed by atoms with Crippen molar-refractivity contribution in [1.82, 2.24) is 0 Å². The zero-order chi connectivity index (χ0) is 20.3. The number of amides is 1. The van der Waals surface area contributed by atoms with Gasteiger partial charge in [-0.1, -0.05) is 6.07 Å². The van der Waals surface area contributed by atoms with E-state index in [2.05, 4.69) is 5.32 Å². The number of hydrogen-bond acceptors (Lipinski definition) is 5. The monoisotopic (exact) mass is 409 g/mol. The number of rotatable bonds is 5. The summed E-state index contributed by atoms with van der Waals surface area (Å²) in [5, 5.41) is 2.40. The lowest BCUT2D eigenvalue weighted by molar-refractivity contribution is -0.136. The smallest absolute Gasteiger partial charge is 0.417 e. The van der Waals surface area contributed by atoms with Gasteiger partial charge in [0, 0.05) is 28.1 Å². The maximum Gasteiger partial charge on any atom is 0.417 e. The summed E-state index contributed by atoms with van der Waals surface area (Å²) in [6.45, 7) is -0.363. The van der Waals surface area contributed by atoms with Crippen LogP contribution >= 0.6 is 11.8 Å². The van der Waals surface area contributed by atoms with Crippen molar-refractivity contribution < 1.29 is 27.1 Å². The molecule has 0 aliphatic rings. The van der Waals surface area contributed by atoms with Crippen molar-refractivity contribution in [3.05, 3.63) is 64.5 Å². The van der Waals surface area contributed by atoms with Crippen LogP contribution < -0.4 is 15.7 Å². The number of carbonyl (C=O) groups excluding carboxylic acids is 1. The number of ether oxygens (including phenoxy) is 1. The zero-order valence-corrected chi connectivity index (χ0v) is 15.3. The second-order valence-electron chi connectivity index (χ2n) is 5.70. The number of benzene rings is 2. The standard InChI is InChI=1S/C19H14F3NO4S/c1-28-13-4-2-3-11(7-13)23-17(24)10-26-12-5-6-14-15(19(20,21)22)9-18(25)27-16(14)8-12/h2-9H,10H2,1H3,(H,23,24). The third kappa shape index (κ3) is 4.66. The van der Waals surface area contributed by atoms with Crippen molar-refractivity contribution >= 4 is 34.3 Å². The molecular formula is C19H14F3NO4S. The molecule has 1 heterocycles. The van der Waals surface area contributed by atoms with Crippen molar-refractivity contribution in [3.63, 3.8) is 0 Å². The predicted molar refractivity (Wildman–Crippen MR) is 99.8 cm³/mol. The van der Waals surface area contributed by atoms with E-state index in [1.807, 2.05) is 12.3 Å². The van der Waals surface area contributed by atoms with Crippen LogP contribution in [0.4, 0.5) is 18.9 Å². The maximum absolute atomic E-state index is 13.0. The molecule has 28 heavy (non-hydrogen) atoms. The molecule has 0 aliphatic heterocycles. The Bertz CT molecular complexity index is 1080. The molecule has 0 radical (unpaired) electrons. The molecule has 0 unspecified atom stereocenters. The van der Waals surface area contributed by atoms with Gasteiger partial charge in [-0.3, -0.25) is 4.79 Å². The Morgan fingerprint density at radius 1 is 1.18 bits per heavy atom. The largest absolute Gasteiger partial charge is 0.484 e. The van der Waals surface area contributed by atoms with Gasteiger partial charge in [0.1, 0.15) is 11.3 Å². The number of carbonyl (C=O) groups is 1. The lowest BCUT2D eigenvalue weighted by Crippen LogP contribution is -2.20. The summed E-state index contributed by atoms with van der Waals surface area (Å²) in [6, 6.07) is 11.2. The molecule has 1 N–H and O–H groups in total. The van der Waals surface area contributed by atoms with E-state index in [9.17, 15) is 22.8 Å². The number of anilines is 1. The van der Waals surface area contributed by atoms with Crippen LogP contribution in [0.1, 0.15) is 5.56 Å². The molecule has 146 valence electrons. The first-order chi connectivity index (χ1) is 13.3. The molecule has 1 aromatic heterocycles. The third-order valence-corrected chi connectivity index (χ3v) is 4.47. The molecule has 2 aromatic carbocycles. The Kier molecular flexibility index (Phi) is 5.64. The summed E-state index contributed by atoms with van der Waals surface area (Å²) in [5.41, 5.74) is -1.88. The summed E-state index contributed by atoms with van der Waals surface area (Å²) in [6.07, 6.45) is -2.78. The topological polar surface area (TPSA) is 68.5 Å². The summed E-state index contributed by atoms with van der Waals surface area (Å²) in [5.74, 6) is -0.341. The molecule has 0 aliphatic carbocycles. The molecule has 3 rings (SSSR count). The van der Waals surface area contributed by atoms with Gasteiger partial charge < -0.3 is 14.5 Å². The molecule has 0 spiro atoms. The van der Waals surface area contributed by atoms with Gasteiger partial charge >= 0.3 is 11.8 Å². The highest BCUT2D eigenvalue weighted by atomic mass is 32.2. The Hall–Kier alpha value is -2.94. The highest BCUT2D eigenvalue weighted by Gasteiger charge is 2.33. The number of fused-ring (bicyclic) bond motifs is 1. The van der Waals surface area contributed by atoms with E-state index in [1.165, 1.54) is 17.8 Å². The summed E-state index contributed by atoms with van der Waals surface area (Å²) in [7, 11) is 0. The van der Waals surface area contributed by atoms with Crippen LogP contribution in [0.5, 0.6) is 5.75 Å². The fourth-order valence-electron chi connectivity index (χ4n) is 2.51. The Morgan fingerprint density at radius 3 is 2.68 bits per heavy atom. The number of alkyl halides is 3. The van der Waals surface area contributed by atoms with Crippen molar-refractivity contribution in [1.29, 1.82) is 0 Å². The minimum absolute atomic E-state index is 0.1000. The van der Waals surface area contributed by atoms with Gasteiger partial charge in [-0.15, -0.1) is 11.8 Å². The van der Waals surface area contributed by atoms with Crippen molar-refractivity contribution in [2.75, 3.05) is 18.2 Å². The fraction of sp³-hybridized carbons (Fsp3) is 0.158. The SMILES string of the molecule is CSc1cccc(NC(=O)COc2ccc3c(C(F)(F)F)cc(=O)oc3c2)c1. The average Bonchev–Trinajstić information content (AvgIpc) is 2.64. The Morgan fingerprint density at radius 2 is 1.96 bits per heavy atom. The molecule has 1 amide bonds. The Labute approximate surface area is 161 Å². The second kappa shape index (κ2) is 7.97. The minimum atomic E-state index is -4.69. The highest BCUT2D eigenvalue weighted by molar-refractivity contribution is 7.98. The van der Waals surface area contributed by atoms with Gasteiger partial charge in [-0.2, -0.15) is 13.2 Å². The van der Waals surface area contributed by atoms with E-state index in [4.69, 9.17) is 9.15 Å². The van der Waals surface area contributed by atoms with Gasteiger partial charge in [0.05, 0.1) is 5.56 Å². The number of thioether (sulfide) groups is 1. The molecule has 5 nitrogen and oxygen atoms in total. The van der Waals surface area contributed by atoms with Gasteiger partial charge in [0.2, 0.25) is 0 Å². The van der Waals surface area contributed by atoms with E-state index in [0.717, 1.165) is 17.0 Å². The molecule has 0 atom stereocenters. The number of halogens is 3. The van der Waals surface area contributed by atoms with Crippen molar-refractivity contribution in [2.45, 2.75) is 11.1 Å². The highest BCUT2D eigenvalue weighted by Crippen LogP contribution is 2.34. The Balaban J connectivity index is 1.74. The maximum atomic E-state index is 13.0. The van der Waals surface area contributed by atoms with Crippen LogP contribution in [0.25, 0.3) is 11.0 Å². The van der Waals surface area contributed by atoms with Crippen LogP contribution in [0.2, 0.25) is 0 Å². The third-order valence-electron chi connectivity index (χ3n) is 3.74. The second-order valence-corrected chi connectivity index (χ2v) is 6.58. The lowest BCUT2D eigenvalue weighted by atomic mass is 10.1. The summed E-state index contributed by atoms with van der Waals surface area (Å²) < 4.78 is 49.3. The summed E-state index contributed by atoms with van der Waals surface area (Å²) in [4.78, 5) is 24.4. The van der Waals surface area contributed by atoms with Crippen LogP contribution in [-0.2, 0) is 11.0 Å². The normalized spacial score (nSPS) is 11.4. The van der Waals surface area contributed by atoms with Crippen LogP contribution in [0.15, 0.2) is 62.6 Å².